The predicted molar refractivity (Wildman–Crippen MR) is 74.7 cm³/mol. The number of imidazole rings is 1. The molecule has 0 saturated heterocycles. The fourth-order valence-corrected chi connectivity index (χ4v) is 3.78. The average Bonchev–Trinajstić information content (AvgIpc) is 2.70. The Morgan fingerprint density at radius 3 is 2.68 bits per heavy atom. The van der Waals surface area contributed by atoms with Gasteiger partial charge in [0.05, 0.1) is 5.69 Å². The first-order valence-electron chi connectivity index (χ1n) is 6.92. The largest absolute Gasteiger partial charge is 0.328 e. The summed E-state index contributed by atoms with van der Waals surface area (Å²) in [7, 11) is -0.313. The van der Waals surface area contributed by atoms with E-state index in [1.54, 1.807) is 14.1 Å². The minimum absolute atomic E-state index is 0.271. The lowest BCUT2D eigenvalue weighted by molar-refractivity contribution is 0.414. The van der Waals surface area contributed by atoms with Crippen molar-refractivity contribution in [2.45, 2.75) is 57.0 Å². The Bertz CT molecular complexity index is 561. The summed E-state index contributed by atoms with van der Waals surface area (Å²) in [6.45, 7) is 4.24. The fraction of sp³-hybridized carbons (Fsp3) is 0.769. The number of nitrogens with zero attached hydrogens (tertiary/aromatic N) is 3. The number of fused-ring (bicyclic) bond motifs is 1. The van der Waals surface area contributed by atoms with E-state index in [-0.39, 0.29) is 5.03 Å². The first-order chi connectivity index (χ1) is 8.89. The molecule has 6 heteroatoms. The maximum atomic E-state index is 12.4. The Kier molecular flexibility index (Phi) is 4.01. The Labute approximate surface area is 115 Å². The lowest BCUT2D eigenvalue weighted by atomic mass is 10.0. The van der Waals surface area contributed by atoms with Crippen LogP contribution in [0.15, 0.2) is 5.03 Å². The Balaban J connectivity index is 2.61. The second-order valence-electron chi connectivity index (χ2n) is 5.43. The van der Waals surface area contributed by atoms with E-state index in [1.165, 1.54) is 4.31 Å². The van der Waals surface area contributed by atoms with Gasteiger partial charge in [0.25, 0.3) is 10.0 Å². The van der Waals surface area contributed by atoms with E-state index in [9.17, 15) is 8.42 Å². The summed E-state index contributed by atoms with van der Waals surface area (Å²) in [4.78, 5) is 4.46. The van der Waals surface area contributed by atoms with E-state index in [4.69, 9.17) is 0 Å². The van der Waals surface area contributed by atoms with Crippen LogP contribution in [0.2, 0.25) is 0 Å². The molecule has 2 rings (SSSR count). The molecular formula is C13H23N3O2S. The van der Waals surface area contributed by atoms with Gasteiger partial charge >= 0.3 is 0 Å². The molecule has 2 heterocycles. The highest BCUT2D eigenvalue weighted by molar-refractivity contribution is 7.89. The molecule has 1 aromatic rings. The molecule has 0 saturated carbocycles. The first-order valence-corrected chi connectivity index (χ1v) is 8.36. The molecule has 0 aliphatic carbocycles. The molecule has 0 amide bonds. The molecule has 19 heavy (non-hydrogen) atoms. The van der Waals surface area contributed by atoms with Crippen molar-refractivity contribution in [2.24, 2.45) is 0 Å². The lowest BCUT2D eigenvalue weighted by Gasteiger charge is -2.24. The SMILES string of the molecule is CCCc1nc(S(=O)(=O)N(C)C)c2n1C(C)CCC2. The summed E-state index contributed by atoms with van der Waals surface area (Å²) in [6, 6.07) is 0.351. The van der Waals surface area contributed by atoms with Gasteiger partial charge in [0.2, 0.25) is 0 Å². The van der Waals surface area contributed by atoms with E-state index >= 15 is 0 Å². The van der Waals surface area contributed by atoms with Crippen molar-refractivity contribution < 1.29 is 8.42 Å². The summed E-state index contributed by atoms with van der Waals surface area (Å²) < 4.78 is 28.2. The topological polar surface area (TPSA) is 55.2 Å². The highest BCUT2D eigenvalue weighted by atomic mass is 32.2. The Morgan fingerprint density at radius 1 is 1.42 bits per heavy atom. The molecule has 0 spiro atoms. The number of rotatable bonds is 4. The molecule has 108 valence electrons. The Morgan fingerprint density at radius 2 is 2.11 bits per heavy atom. The van der Waals surface area contributed by atoms with Crippen molar-refractivity contribution in [3.63, 3.8) is 0 Å². The van der Waals surface area contributed by atoms with Crippen molar-refractivity contribution >= 4 is 10.0 Å². The van der Waals surface area contributed by atoms with Crippen LogP contribution < -0.4 is 0 Å². The molecule has 5 nitrogen and oxygen atoms in total. The number of hydrogen-bond donors (Lipinski definition) is 0. The fourth-order valence-electron chi connectivity index (χ4n) is 2.72. The second-order valence-corrected chi connectivity index (χ2v) is 7.50. The molecule has 0 radical (unpaired) electrons. The second kappa shape index (κ2) is 5.25. The van der Waals surface area contributed by atoms with Crippen molar-refractivity contribution in [1.29, 1.82) is 0 Å². The third-order valence-corrected chi connectivity index (χ3v) is 5.50. The van der Waals surface area contributed by atoms with Crippen molar-refractivity contribution in [2.75, 3.05) is 14.1 Å². The molecule has 1 unspecified atom stereocenters. The van der Waals surface area contributed by atoms with Crippen LogP contribution in [-0.2, 0) is 22.9 Å². The van der Waals surface area contributed by atoms with E-state index in [0.717, 1.165) is 43.6 Å². The maximum Gasteiger partial charge on any atom is 0.261 e. The van der Waals surface area contributed by atoms with Gasteiger partial charge in [-0.1, -0.05) is 6.92 Å². The van der Waals surface area contributed by atoms with Crippen LogP contribution in [0.3, 0.4) is 0 Å². The highest BCUT2D eigenvalue weighted by Gasteiger charge is 2.31. The Hall–Kier alpha value is -0.880. The summed E-state index contributed by atoms with van der Waals surface area (Å²) in [5, 5.41) is 0.271. The smallest absolute Gasteiger partial charge is 0.261 e. The van der Waals surface area contributed by atoms with Crippen LogP contribution in [0, 0.1) is 0 Å². The standard InChI is InChI=1S/C13H23N3O2S/c1-5-7-12-14-13(19(17,18)15(3)4)11-9-6-8-10(2)16(11)12/h10H,5-9H2,1-4H3. The normalized spacial score (nSPS) is 19.7. The van der Waals surface area contributed by atoms with Gasteiger partial charge in [-0.25, -0.2) is 17.7 Å². The van der Waals surface area contributed by atoms with E-state index < -0.39 is 10.0 Å². The minimum atomic E-state index is -3.44. The molecule has 0 fully saturated rings. The van der Waals surface area contributed by atoms with Gasteiger partial charge in [-0.3, -0.25) is 0 Å². The van der Waals surface area contributed by atoms with E-state index in [2.05, 4.69) is 23.4 Å². The number of hydrogen-bond acceptors (Lipinski definition) is 3. The monoisotopic (exact) mass is 285 g/mol. The first kappa shape index (κ1) is 14.5. The van der Waals surface area contributed by atoms with Crippen LogP contribution in [-0.4, -0.2) is 36.4 Å². The summed E-state index contributed by atoms with van der Waals surface area (Å²) in [5.41, 5.74) is 0.899. The summed E-state index contributed by atoms with van der Waals surface area (Å²) in [5.74, 6) is 0.921. The molecule has 0 aromatic carbocycles. The van der Waals surface area contributed by atoms with Crippen molar-refractivity contribution in [1.82, 2.24) is 13.9 Å². The van der Waals surface area contributed by atoms with Crippen LogP contribution in [0.25, 0.3) is 0 Å². The third-order valence-electron chi connectivity index (χ3n) is 3.72. The zero-order valence-electron chi connectivity index (χ0n) is 12.2. The van der Waals surface area contributed by atoms with Gasteiger partial charge < -0.3 is 4.57 Å². The minimum Gasteiger partial charge on any atom is -0.328 e. The van der Waals surface area contributed by atoms with Gasteiger partial charge in [-0.05, 0) is 32.6 Å². The van der Waals surface area contributed by atoms with Crippen molar-refractivity contribution in [3.8, 4) is 0 Å². The summed E-state index contributed by atoms with van der Waals surface area (Å²) >= 11 is 0. The number of sulfonamides is 1. The van der Waals surface area contributed by atoms with Crippen LogP contribution in [0.5, 0.6) is 0 Å². The molecule has 0 N–H and O–H groups in total. The quantitative estimate of drug-likeness (QED) is 0.850. The van der Waals surface area contributed by atoms with Gasteiger partial charge in [0, 0.05) is 26.6 Å². The van der Waals surface area contributed by atoms with Crippen molar-refractivity contribution in [3.05, 3.63) is 11.5 Å². The number of aromatic nitrogens is 2. The summed E-state index contributed by atoms with van der Waals surface area (Å²) in [6.07, 6.45) is 4.75. The molecular weight excluding hydrogens is 262 g/mol. The third kappa shape index (κ3) is 2.43. The van der Waals surface area contributed by atoms with Gasteiger partial charge in [-0.15, -0.1) is 0 Å². The number of aryl methyl sites for hydroxylation is 1. The maximum absolute atomic E-state index is 12.4. The van der Waals surface area contributed by atoms with Crippen LogP contribution >= 0.6 is 0 Å². The predicted octanol–water partition coefficient (Wildman–Crippen LogP) is 1.98. The zero-order chi connectivity index (χ0) is 14.2. The van der Waals surface area contributed by atoms with E-state index in [1.807, 2.05) is 0 Å². The zero-order valence-corrected chi connectivity index (χ0v) is 13.0. The van der Waals surface area contributed by atoms with Gasteiger partial charge in [-0.2, -0.15) is 0 Å². The molecule has 1 aliphatic heterocycles. The lowest BCUT2D eigenvalue weighted by Crippen LogP contribution is -2.25. The van der Waals surface area contributed by atoms with Crippen LogP contribution in [0.1, 0.15) is 50.7 Å². The van der Waals surface area contributed by atoms with Gasteiger partial charge in [0.1, 0.15) is 5.82 Å². The molecule has 1 atom stereocenters. The van der Waals surface area contributed by atoms with Crippen LogP contribution in [0.4, 0.5) is 0 Å². The molecule has 0 bridgehead atoms. The highest BCUT2D eigenvalue weighted by Crippen LogP contribution is 2.31. The van der Waals surface area contributed by atoms with Gasteiger partial charge in [0.15, 0.2) is 5.03 Å². The molecule has 1 aliphatic rings. The molecule has 1 aromatic heterocycles. The average molecular weight is 285 g/mol. The van der Waals surface area contributed by atoms with E-state index in [0.29, 0.717) is 6.04 Å².